The van der Waals surface area contributed by atoms with E-state index in [1.807, 2.05) is 4.90 Å². The fourth-order valence-electron chi connectivity index (χ4n) is 3.19. The van der Waals surface area contributed by atoms with Crippen LogP contribution in [0.2, 0.25) is 0 Å². The molecule has 0 bridgehead atoms. The van der Waals surface area contributed by atoms with E-state index in [1.54, 1.807) is 0 Å². The Labute approximate surface area is 109 Å². The summed E-state index contributed by atoms with van der Waals surface area (Å²) < 4.78 is 0. The minimum atomic E-state index is -0.501. The Hall–Kier alpha value is -0.640. The number of amides is 1. The van der Waals surface area contributed by atoms with Crippen molar-refractivity contribution in [1.82, 2.24) is 4.90 Å². The van der Waals surface area contributed by atoms with Crippen LogP contribution in [0.5, 0.6) is 0 Å². The Morgan fingerprint density at radius 2 is 1.76 bits per heavy atom. The highest BCUT2D eigenvalue weighted by molar-refractivity contribution is 7.80. The summed E-state index contributed by atoms with van der Waals surface area (Å²) in [5.41, 5.74) is 5.32. The van der Waals surface area contributed by atoms with Crippen LogP contribution in [0.25, 0.3) is 0 Å². The highest BCUT2D eigenvalue weighted by atomic mass is 32.1. The first-order chi connectivity index (χ1) is 8.06. The van der Waals surface area contributed by atoms with Gasteiger partial charge in [-0.25, -0.2) is 0 Å². The van der Waals surface area contributed by atoms with Crippen molar-refractivity contribution in [2.24, 2.45) is 17.1 Å². The molecule has 1 amide bonds. The van der Waals surface area contributed by atoms with Gasteiger partial charge in [0.15, 0.2) is 0 Å². The van der Waals surface area contributed by atoms with Gasteiger partial charge in [-0.2, -0.15) is 0 Å². The molecule has 0 spiro atoms. The quantitative estimate of drug-likeness (QED) is 0.768. The first-order valence-electron chi connectivity index (χ1n) is 6.65. The summed E-state index contributed by atoms with van der Waals surface area (Å²) in [4.78, 5) is 15.0. The molecule has 0 aromatic heterocycles. The molecule has 1 aliphatic heterocycles. The molecule has 0 unspecified atom stereocenters. The number of nitrogens with two attached hydrogens (primary N) is 1. The first kappa shape index (κ1) is 12.8. The lowest BCUT2D eigenvalue weighted by Crippen LogP contribution is -2.57. The third kappa shape index (κ3) is 2.32. The minimum Gasteiger partial charge on any atom is -0.392 e. The lowest BCUT2D eigenvalue weighted by atomic mass is 9.61. The van der Waals surface area contributed by atoms with Crippen LogP contribution in [0.15, 0.2) is 0 Å². The molecular weight excluding hydrogens is 232 g/mol. The second-order valence-corrected chi connectivity index (χ2v) is 6.11. The summed E-state index contributed by atoms with van der Waals surface area (Å²) >= 11 is 5.14. The standard InChI is InChI=1S/C13H22N2OS/c1-10-8-13(9-10,11(14)17)12(16)15-6-4-2-3-5-7-15/h10H,2-9H2,1H3,(H2,14,17). The molecule has 0 aromatic rings. The van der Waals surface area contributed by atoms with E-state index < -0.39 is 5.41 Å². The normalized spacial score (nSPS) is 33.7. The van der Waals surface area contributed by atoms with Crippen LogP contribution in [0.4, 0.5) is 0 Å². The summed E-state index contributed by atoms with van der Waals surface area (Å²) in [7, 11) is 0. The van der Waals surface area contributed by atoms with Gasteiger partial charge in [-0.1, -0.05) is 32.0 Å². The van der Waals surface area contributed by atoms with Crippen LogP contribution in [0, 0.1) is 11.3 Å². The third-order valence-corrected chi connectivity index (χ3v) is 4.56. The lowest BCUT2D eigenvalue weighted by Gasteiger charge is -2.46. The summed E-state index contributed by atoms with van der Waals surface area (Å²) in [6.07, 6.45) is 6.40. The van der Waals surface area contributed by atoms with Gasteiger partial charge in [-0.15, -0.1) is 0 Å². The number of thiocarbonyl (C=S) groups is 1. The molecule has 96 valence electrons. The van der Waals surface area contributed by atoms with Gasteiger partial charge in [0, 0.05) is 13.1 Å². The number of hydrogen-bond acceptors (Lipinski definition) is 2. The zero-order chi connectivity index (χ0) is 12.5. The van der Waals surface area contributed by atoms with Crippen LogP contribution in [0.3, 0.4) is 0 Å². The van der Waals surface area contributed by atoms with E-state index in [4.69, 9.17) is 18.0 Å². The molecule has 1 saturated heterocycles. The van der Waals surface area contributed by atoms with Crippen molar-refractivity contribution in [3.05, 3.63) is 0 Å². The van der Waals surface area contributed by atoms with Gasteiger partial charge in [0.1, 0.15) is 0 Å². The number of likely N-dealkylation sites (tertiary alicyclic amines) is 1. The number of nitrogens with zero attached hydrogens (tertiary/aromatic N) is 1. The molecule has 2 aliphatic rings. The van der Waals surface area contributed by atoms with Crippen LogP contribution in [0.1, 0.15) is 45.4 Å². The first-order valence-corrected chi connectivity index (χ1v) is 7.06. The van der Waals surface area contributed by atoms with Crippen molar-refractivity contribution < 1.29 is 4.79 Å². The van der Waals surface area contributed by atoms with E-state index in [-0.39, 0.29) is 5.91 Å². The van der Waals surface area contributed by atoms with E-state index in [2.05, 4.69) is 6.92 Å². The molecule has 1 aliphatic carbocycles. The minimum absolute atomic E-state index is 0.199. The predicted octanol–water partition coefficient (Wildman–Crippen LogP) is 2.09. The summed E-state index contributed by atoms with van der Waals surface area (Å²) in [5.74, 6) is 0.775. The molecular formula is C13H22N2OS. The maximum Gasteiger partial charge on any atom is 0.235 e. The van der Waals surface area contributed by atoms with Crippen molar-refractivity contribution in [3.8, 4) is 0 Å². The molecule has 1 heterocycles. The van der Waals surface area contributed by atoms with Gasteiger partial charge in [-0.3, -0.25) is 4.79 Å². The topological polar surface area (TPSA) is 46.3 Å². The summed E-state index contributed by atoms with van der Waals surface area (Å²) in [6, 6.07) is 0. The smallest absolute Gasteiger partial charge is 0.235 e. The number of hydrogen-bond donors (Lipinski definition) is 1. The van der Waals surface area contributed by atoms with Crippen LogP contribution >= 0.6 is 12.2 Å². The van der Waals surface area contributed by atoms with Crippen LogP contribution in [-0.2, 0) is 4.79 Å². The van der Waals surface area contributed by atoms with Crippen LogP contribution < -0.4 is 5.73 Å². The van der Waals surface area contributed by atoms with Crippen molar-refractivity contribution in [1.29, 1.82) is 0 Å². The van der Waals surface area contributed by atoms with Gasteiger partial charge in [0.25, 0.3) is 0 Å². The SMILES string of the molecule is CC1CC(C(=O)N2CCCCCC2)(C(N)=S)C1. The highest BCUT2D eigenvalue weighted by Crippen LogP contribution is 2.47. The van der Waals surface area contributed by atoms with E-state index in [0.29, 0.717) is 10.9 Å². The molecule has 17 heavy (non-hydrogen) atoms. The van der Waals surface area contributed by atoms with Crippen molar-refractivity contribution in [2.45, 2.75) is 45.4 Å². The molecule has 2 fully saturated rings. The lowest BCUT2D eigenvalue weighted by molar-refractivity contribution is -0.144. The highest BCUT2D eigenvalue weighted by Gasteiger charge is 2.52. The zero-order valence-corrected chi connectivity index (χ0v) is 11.4. The Balaban J connectivity index is 2.08. The fourth-order valence-corrected chi connectivity index (χ4v) is 3.44. The maximum absolute atomic E-state index is 12.6. The Morgan fingerprint density at radius 1 is 1.24 bits per heavy atom. The number of rotatable bonds is 2. The molecule has 0 aromatic carbocycles. The van der Waals surface area contributed by atoms with Gasteiger partial charge < -0.3 is 10.6 Å². The van der Waals surface area contributed by atoms with Crippen molar-refractivity contribution in [3.63, 3.8) is 0 Å². The maximum atomic E-state index is 12.6. The molecule has 1 saturated carbocycles. The molecule has 0 atom stereocenters. The average molecular weight is 254 g/mol. The van der Waals surface area contributed by atoms with Crippen molar-refractivity contribution in [2.75, 3.05) is 13.1 Å². The second-order valence-electron chi connectivity index (χ2n) is 5.67. The molecule has 3 nitrogen and oxygen atoms in total. The van der Waals surface area contributed by atoms with Gasteiger partial charge in [0.2, 0.25) is 5.91 Å². The predicted molar refractivity (Wildman–Crippen MR) is 72.7 cm³/mol. The largest absolute Gasteiger partial charge is 0.392 e. The average Bonchev–Trinajstić information content (AvgIpc) is 2.51. The Kier molecular flexibility index (Phi) is 3.71. The van der Waals surface area contributed by atoms with Crippen LogP contribution in [-0.4, -0.2) is 28.9 Å². The Bertz CT molecular complexity index is 315. The Morgan fingerprint density at radius 3 is 2.18 bits per heavy atom. The third-order valence-electron chi connectivity index (χ3n) is 4.17. The monoisotopic (exact) mass is 254 g/mol. The van der Waals surface area contributed by atoms with E-state index in [9.17, 15) is 4.79 Å². The second kappa shape index (κ2) is 4.92. The molecule has 2 rings (SSSR count). The number of carbonyl (C=O) groups is 1. The van der Waals surface area contributed by atoms with Gasteiger partial charge in [0.05, 0.1) is 10.4 Å². The van der Waals surface area contributed by atoms with Crippen molar-refractivity contribution >= 4 is 23.1 Å². The summed E-state index contributed by atoms with van der Waals surface area (Å²) in [6.45, 7) is 3.93. The van der Waals surface area contributed by atoms with Gasteiger partial charge in [-0.05, 0) is 31.6 Å². The summed E-state index contributed by atoms with van der Waals surface area (Å²) in [5, 5.41) is 0. The van der Waals surface area contributed by atoms with E-state index >= 15 is 0 Å². The van der Waals surface area contributed by atoms with Gasteiger partial charge >= 0.3 is 0 Å². The molecule has 2 N–H and O–H groups in total. The molecule has 4 heteroatoms. The molecule has 0 radical (unpaired) electrons. The fraction of sp³-hybridized carbons (Fsp3) is 0.846. The number of carbonyl (C=O) groups excluding carboxylic acids is 1. The van der Waals surface area contributed by atoms with E-state index in [0.717, 1.165) is 38.8 Å². The zero-order valence-electron chi connectivity index (χ0n) is 10.6. The van der Waals surface area contributed by atoms with E-state index in [1.165, 1.54) is 12.8 Å².